The van der Waals surface area contributed by atoms with E-state index in [0.717, 1.165) is 10.4 Å². The van der Waals surface area contributed by atoms with Gasteiger partial charge < -0.3 is 4.74 Å². The third-order valence-corrected chi connectivity index (χ3v) is 4.95. The zero-order valence-electron chi connectivity index (χ0n) is 12.0. The number of methoxy groups -OCH3 is 1. The highest BCUT2D eigenvalue weighted by Crippen LogP contribution is 2.30. The predicted molar refractivity (Wildman–Crippen MR) is 81.7 cm³/mol. The van der Waals surface area contributed by atoms with Crippen molar-refractivity contribution in [2.75, 3.05) is 18.5 Å². The SMILES string of the molecule is COc1cccc(N(C)S(=O)(=O)c2ccccc2[N+](=O)[O-])c1. The zero-order valence-corrected chi connectivity index (χ0v) is 12.8. The van der Waals surface area contributed by atoms with Crippen LogP contribution in [0.4, 0.5) is 11.4 Å². The third kappa shape index (κ3) is 2.86. The number of para-hydroxylation sites is 1. The number of ether oxygens (including phenoxy) is 1. The van der Waals surface area contributed by atoms with E-state index < -0.39 is 20.6 Å². The monoisotopic (exact) mass is 322 g/mol. The summed E-state index contributed by atoms with van der Waals surface area (Å²) in [6, 6.07) is 11.7. The molecular formula is C14H14N2O5S. The quantitative estimate of drug-likeness (QED) is 0.623. The van der Waals surface area contributed by atoms with Gasteiger partial charge in [-0.05, 0) is 18.2 Å². The molecule has 8 heteroatoms. The Bertz CT molecular complexity index is 804. The Morgan fingerprint density at radius 2 is 1.82 bits per heavy atom. The number of nitrogens with zero attached hydrogens (tertiary/aromatic N) is 2. The van der Waals surface area contributed by atoms with Crippen LogP contribution in [0.15, 0.2) is 53.4 Å². The first-order valence-electron chi connectivity index (χ1n) is 6.24. The third-order valence-electron chi connectivity index (χ3n) is 3.12. The number of sulfonamides is 1. The maximum Gasteiger partial charge on any atom is 0.289 e. The fourth-order valence-corrected chi connectivity index (χ4v) is 3.26. The fourth-order valence-electron chi connectivity index (χ4n) is 1.92. The van der Waals surface area contributed by atoms with Gasteiger partial charge in [0.15, 0.2) is 4.90 Å². The van der Waals surface area contributed by atoms with Gasteiger partial charge in [0.25, 0.3) is 15.7 Å². The molecule has 7 nitrogen and oxygen atoms in total. The summed E-state index contributed by atoms with van der Waals surface area (Å²) in [4.78, 5) is 9.96. The van der Waals surface area contributed by atoms with E-state index in [4.69, 9.17) is 4.74 Å². The van der Waals surface area contributed by atoms with Gasteiger partial charge in [0.05, 0.1) is 17.7 Å². The number of nitro groups is 1. The van der Waals surface area contributed by atoms with E-state index in [9.17, 15) is 18.5 Å². The lowest BCUT2D eigenvalue weighted by Gasteiger charge is -2.19. The molecule has 0 saturated carbocycles. The van der Waals surface area contributed by atoms with Crippen LogP contribution in [0.25, 0.3) is 0 Å². The van der Waals surface area contributed by atoms with Crippen molar-refractivity contribution in [1.29, 1.82) is 0 Å². The van der Waals surface area contributed by atoms with E-state index in [1.54, 1.807) is 18.2 Å². The topological polar surface area (TPSA) is 89.8 Å². The van der Waals surface area contributed by atoms with Crippen molar-refractivity contribution < 1.29 is 18.1 Å². The van der Waals surface area contributed by atoms with Crippen LogP contribution in [-0.4, -0.2) is 27.5 Å². The maximum absolute atomic E-state index is 12.6. The number of anilines is 1. The van der Waals surface area contributed by atoms with Gasteiger partial charge in [-0.3, -0.25) is 14.4 Å². The minimum absolute atomic E-state index is 0.345. The molecule has 0 bridgehead atoms. The Morgan fingerprint density at radius 3 is 2.45 bits per heavy atom. The van der Waals surface area contributed by atoms with Gasteiger partial charge in [0.2, 0.25) is 0 Å². The van der Waals surface area contributed by atoms with E-state index in [1.165, 1.54) is 38.4 Å². The van der Waals surface area contributed by atoms with E-state index in [2.05, 4.69) is 0 Å². The average molecular weight is 322 g/mol. The first-order valence-corrected chi connectivity index (χ1v) is 7.68. The summed E-state index contributed by atoms with van der Waals surface area (Å²) in [6.07, 6.45) is 0. The van der Waals surface area contributed by atoms with Crippen LogP contribution in [-0.2, 0) is 10.0 Å². The Morgan fingerprint density at radius 1 is 1.14 bits per heavy atom. The number of hydrogen-bond acceptors (Lipinski definition) is 5. The van der Waals surface area contributed by atoms with Crippen molar-refractivity contribution in [1.82, 2.24) is 0 Å². The largest absolute Gasteiger partial charge is 0.497 e. The first-order chi connectivity index (χ1) is 10.4. The summed E-state index contributed by atoms with van der Waals surface area (Å²) in [5.74, 6) is 0.488. The molecular weight excluding hydrogens is 308 g/mol. The van der Waals surface area contributed by atoms with E-state index in [1.807, 2.05) is 0 Å². The second-order valence-corrected chi connectivity index (χ2v) is 6.34. The summed E-state index contributed by atoms with van der Waals surface area (Å²) in [6.45, 7) is 0. The van der Waals surface area contributed by atoms with Crippen molar-refractivity contribution in [2.45, 2.75) is 4.90 Å². The Labute approximate surface area is 128 Å². The highest BCUT2D eigenvalue weighted by atomic mass is 32.2. The van der Waals surface area contributed by atoms with Crippen molar-refractivity contribution in [3.05, 3.63) is 58.6 Å². The zero-order chi connectivity index (χ0) is 16.3. The average Bonchev–Trinajstić information content (AvgIpc) is 2.54. The highest BCUT2D eigenvalue weighted by molar-refractivity contribution is 7.93. The van der Waals surface area contributed by atoms with Gasteiger partial charge in [0.1, 0.15) is 5.75 Å². The van der Waals surface area contributed by atoms with Crippen molar-refractivity contribution >= 4 is 21.4 Å². The lowest BCUT2D eigenvalue weighted by atomic mass is 10.3. The smallest absolute Gasteiger partial charge is 0.289 e. The van der Waals surface area contributed by atoms with Crippen LogP contribution in [0.1, 0.15) is 0 Å². The van der Waals surface area contributed by atoms with E-state index in [-0.39, 0.29) is 4.90 Å². The molecule has 0 radical (unpaired) electrons. The van der Waals surface area contributed by atoms with Gasteiger partial charge in [0, 0.05) is 19.2 Å². The second kappa shape index (κ2) is 6.02. The van der Waals surface area contributed by atoms with Gasteiger partial charge in [-0.15, -0.1) is 0 Å². The van der Waals surface area contributed by atoms with Gasteiger partial charge in [-0.1, -0.05) is 18.2 Å². The molecule has 0 atom stereocenters. The second-order valence-electron chi connectivity index (χ2n) is 4.40. The normalized spacial score (nSPS) is 11.0. The minimum atomic E-state index is -4.06. The maximum atomic E-state index is 12.6. The minimum Gasteiger partial charge on any atom is -0.497 e. The molecule has 2 aromatic carbocycles. The first kappa shape index (κ1) is 15.8. The van der Waals surface area contributed by atoms with E-state index >= 15 is 0 Å². The molecule has 0 spiro atoms. The molecule has 22 heavy (non-hydrogen) atoms. The summed E-state index contributed by atoms with van der Waals surface area (Å²) in [7, 11) is -1.25. The van der Waals surface area contributed by atoms with Gasteiger partial charge in [-0.25, -0.2) is 8.42 Å². The van der Waals surface area contributed by atoms with Crippen LogP contribution >= 0.6 is 0 Å². The number of nitro benzene ring substituents is 1. The molecule has 0 aliphatic rings. The highest BCUT2D eigenvalue weighted by Gasteiger charge is 2.29. The molecule has 0 aliphatic heterocycles. The number of hydrogen-bond donors (Lipinski definition) is 0. The molecule has 0 aliphatic carbocycles. The Balaban J connectivity index is 2.52. The molecule has 0 aromatic heterocycles. The molecule has 0 heterocycles. The van der Waals surface area contributed by atoms with Crippen LogP contribution < -0.4 is 9.04 Å². The summed E-state index contributed by atoms with van der Waals surface area (Å²) >= 11 is 0. The van der Waals surface area contributed by atoms with Gasteiger partial charge >= 0.3 is 0 Å². The molecule has 2 rings (SSSR count). The summed E-state index contributed by atoms with van der Waals surface area (Å²) in [5, 5.41) is 11.0. The molecule has 116 valence electrons. The molecule has 0 unspecified atom stereocenters. The van der Waals surface area contributed by atoms with Crippen LogP contribution in [0.5, 0.6) is 5.75 Å². The molecule has 0 fully saturated rings. The van der Waals surface area contributed by atoms with Crippen LogP contribution in [0, 0.1) is 10.1 Å². The van der Waals surface area contributed by atoms with Crippen LogP contribution in [0.2, 0.25) is 0 Å². The molecule has 0 N–H and O–H groups in total. The van der Waals surface area contributed by atoms with E-state index in [0.29, 0.717) is 11.4 Å². The van der Waals surface area contributed by atoms with Crippen molar-refractivity contribution in [3.63, 3.8) is 0 Å². The lowest BCUT2D eigenvalue weighted by Crippen LogP contribution is -2.27. The Hall–Kier alpha value is -2.61. The fraction of sp³-hybridized carbons (Fsp3) is 0.143. The summed E-state index contributed by atoms with van der Waals surface area (Å²) in [5.41, 5.74) is -0.116. The lowest BCUT2D eigenvalue weighted by molar-refractivity contribution is -0.387. The summed E-state index contributed by atoms with van der Waals surface area (Å²) < 4.78 is 31.3. The van der Waals surface area contributed by atoms with Crippen molar-refractivity contribution in [2.24, 2.45) is 0 Å². The Kier molecular flexibility index (Phi) is 4.32. The number of rotatable bonds is 5. The molecule has 0 amide bonds. The predicted octanol–water partition coefficient (Wildman–Crippen LogP) is 2.43. The standard InChI is InChI=1S/C14H14N2O5S/c1-15(11-6-5-7-12(10-11)21-2)22(19,20)14-9-4-3-8-13(14)16(17)18/h3-10H,1-2H3. The molecule has 2 aromatic rings. The molecule has 0 saturated heterocycles. The van der Waals surface area contributed by atoms with Gasteiger partial charge in [-0.2, -0.15) is 0 Å². The van der Waals surface area contributed by atoms with Crippen LogP contribution in [0.3, 0.4) is 0 Å². The number of benzene rings is 2. The van der Waals surface area contributed by atoms with Crippen molar-refractivity contribution in [3.8, 4) is 5.75 Å².